The molecule has 9 heteroatoms. The molecule has 2 heterocycles. The number of aliphatic hydroxyl groups is 1. The number of halogens is 4. The first-order chi connectivity index (χ1) is 15.2. The molecule has 0 saturated carbocycles. The number of benzene rings is 2. The van der Waals surface area contributed by atoms with Crippen LogP contribution in [0.1, 0.15) is 16.8 Å². The van der Waals surface area contributed by atoms with Crippen molar-refractivity contribution in [3.8, 4) is 11.8 Å². The molecule has 2 aromatic carbocycles. The fraction of sp³-hybridized carbons (Fsp3) is 0.130. The van der Waals surface area contributed by atoms with Crippen molar-refractivity contribution >= 4 is 10.9 Å². The van der Waals surface area contributed by atoms with Gasteiger partial charge in [0.2, 0.25) is 5.60 Å². The second-order valence-electron chi connectivity index (χ2n) is 7.18. The van der Waals surface area contributed by atoms with E-state index in [0.29, 0.717) is 16.6 Å². The molecule has 0 radical (unpaired) electrons. The molecule has 0 fully saturated rings. The average Bonchev–Trinajstić information content (AvgIpc) is 3.37. The van der Waals surface area contributed by atoms with Gasteiger partial charge in [0.1, 0.15) is 17.6 Å². The Morgan fingerprint density at radius 1 is 1.09 bits per heavy atom. The van der Waals surface area contributed by atoms with Crippen LogP contribution in [0.4, 0.5) is 17.6 Å². The number of allylic oxidation sites excluding steroid dienone is 1. The molecule has 162 valence electrons. The Hall–Kier alpha value is -3.90. The Morgan fingerprint density at radius 3 is 2.44 bits per heavy atom. The van der Waals surface area contributed by atoms with Gasteiger partial charge >= 0.3 is 6.18 Å². The van der Waals surface area contributed by atoms with Gasteiger partial charge in [0, 0.05) is 23.7 Å². The Morgan fingerprint density at radius 2 is 1.81 bits per heavy atom. The van der Waals surface area contributed by atoms with Gasteiger partial charge in [0.15, 0.2) is 0 Å². The number of alkyl halides is 3. The van der Waals surface area contributed by atoms with Gasteiger partial charge in [-0.2, -0.15) is 23.5 Å². The molecule has 1 N–H and O–H groups in total. The summed E-state index contributed by atoms with van der Waals surface area (Å²) in [6.45, 7) is 3.64. The summed E-state index contributed by atoms with van der Waals surface area (Å²) in [5.74, 6) is -0.428. The summed E-state index contributed by atoms with van der Waals surface area (Å²) in [7, 11) is 0. The smallest absolute Gasteiger partial charge is 0.372 e. The van der Waals surface area contributed by atoms with Crippen molar-refractivity contribution in [2.75, 3.05) is 0 Å². The van der Waals surface area contributed by atoms with Crippen LogP contribution in [0.15, 0.2) is 73.6 Å². The molecule has 0 amide bonds. The van der Waals surface area contributed by atoms with Gasteiger partial charge in [-0.3, -0.25) is 0 Å². The minimum absolute atomic E-state index is 0.0345. The maximum atomic E-state index is 14.2. The summed E-state index contributed by atoms with van der Waals surface area (Å²) in [6, 6.07) is 12.1. The predicted molar refractivity (Wildman–Crippen MR) is 109 cm³/mol. The molecular weight excluding hydrogens is 424 g/mol. The second-order valence-corrected chi connectivity index (χ2v) is 7.18. The van der Waals surface area contributed by atoms with E-state index in [-0.39, 0.29) is 12.2 Å². The highest BCUT2D eigenvalue weighted by Gasteiger charge is 2.57. The van der Waals surface area contributed by atoms with Crippen LogP contribution in [0, 0.1) is 17.1 Å². The van der Waals surface area contributed by atoms with E-state index in [0.717, 1.165) is 18.3 Å². The fourth-order valence-electron chi connectivity index (χ4n) is 3.63. The van der Waals surface area contributed by atoms with E-state index in [2.05, 4.69) is 11.7 Å². The van der Waals surface area contributed by atoms with Crippen molar-refractivity contribution in [1.29, 1.82) is 5.26 Å². The third-order valence-corrected chi connectivity index (χ3v) is 5.22. The van der Waals surface area contributed by atoms with Crippen LogP contribution in [0.5, 0.6) is 0 Å². The lowest BCUT2D eigenvalue weighted by Gasteiger charge is -2.30. The van der Waals surface area contributed by atoms with E-state index < -0.39 is 28.7 Å². The van der Waals surface area contributed by atoms with Crippen LogP contribution in [0.3, 0.4) is 0 Å². The monoisotopic (exact) mass is 440 g/mol. The summed E-state index contributed by atoms with van der Waals surface area (Å²) < 4.78 is 58.5. The van der Waals surface area contributed by atoms with Crippen molar-refractivity contribution in [2.24, 2.45) is 0 Å². The number of fused-ring (bicyclic) bond motifs is 1. The van der Waals surface area contributed by atoms with E-state index in [1.54, 1.807) is 0 Å². The lowest BCUT2D eigenvalue weighted by atomic mass is 9.86. The second kappa shape index (κ2) is 7.66. The highest BCUT2D eigenvalue weighted by Crippen LogP contribution is 2.45. The molecule has 0 spiro atoms. The number of nitriles is 1. The summed E-state index contributed by atoms with van der Waals surface area (Å²) in [4.78, 5) is 0. The summed E-state index contributed by atoms with van der Waals surface area (Å²) in [6.07, 6.45) is -1.17. The van der Waals surface area contributed by atoms with E-state index in [4.69, 9.17) is 0 Å². The number of hydrogen-bond acceptors (Lipinski definition) is 3. The normalized spacial score (nSPS) is 13.6. The highest BCUT2D eigenvalue weighted by molar-refractivity contribution is 5.81. The Balaban J connectivity index is 1.86. The maximum Gasteiger partial charge on any atom is 0.425 e. The van der Waals surface area contributed by atoms with Crippen molar-refractivity contribution in [1.82, 2.24) is 14.3 Å². The average molecular weight is 440 g/mol. The molecule has 1 unspecified atom stereocenters. The van der Waals surface area contributed by atoms with E-state index in [1.165, 1.54) is 57.9 Å². The first-order valence-corrected chi connectivity index (χ1v) is 9.44. The van der Waals surface area contributed by atoms with Gasteiger partial charge in [0.05, 0.1) is 17.4 Å². The quantitative estimate of drug-likeness (QED) is 0.357. The fourth-order valence-corrected chi connectivity index (χ4v) is 3.63. The molecule has 0 aliphatic carbocycles. The standard InChI is InChI=1S/C23H16F4N4O/c1-2-9-30-14-17(11-20(30)12-28)22(32,23(25,26)27)16-3-8-21-15(10-16)13-29-31(21)19-6-4-18(24)5-7-19/h2-8,10-11,13-14,32H,1,9H2. The largest absolute Gasteiger partial charge is 0.425 e. The van der Waals surface area contributed by atoms with Crippen LogP contribution in [-0.2, 0) is 12.1 Å². The Bertz CT molecular complexity index is 1350. The van der Waals surface area contributed by atoms with Gasteiger partial charge in [-0.1, -0.05) is 12.1 Å². The molecule has 0 saturated heterocycles. The van der Waals surface area contributed by atoms with Gasteiger partial charge in [0.25, 0.3) is 0 Å². The molecule has 2 aromatic heterocycles. The molecule has 0 aliphatic rings. The van der Waals surface area contributed by atoms with Crippen molar-refractivity contribution in [2.45, 2.75) is 18.3 Å². The molecule has 5 nitrogen and oxygen atoms in total. The Labute approximate surface area is 180 Å². The van der Waals surface area contributed by atoms with E-state index in [9.17, 15) is 27.9 Å². The molecule has 4 rings (SSSR count). The summed E-state index contributed by atoms with van der Waals surface area (Å²) in [5.41, 5.74) is -3.28. The number of aromatic nitrogens is 3. The van der Waals surface area contributed by atoms with E-state index in [1.807, 2.05) is 6.07 Å². The van der Waals surface area contributed by atoms with Crippen molar-refractivity contribution in [3.05, 3.63) is 96.2 Å². The lowest BCUT2D eigenvalue weighted by Crippen LogP contribution is -2.43. The third kappa shape index (κ3) is 3.35. The van der Waals surface area contributed by atoms with Gasteiger partial charge < -0.3 is 9.67 Å². The Kier molecular flexibility index (Phi) is 5.11. The molecule has 0 aliphatic heterocycles. The zero-order chi connectivity index (χ0) is 23.1. The lowest BCUT2D eigenvalue weighted by molar-refractivity contribution is -0.248. The van der Waals surface area contributed by atoms with Crippen LogP contribution in [0.25, 0.3) is 16.6 Å². The van der Waals surface area contributed by atoms with Gasteiger partial charge in [-0.25, -0.2) is 9.07 Å². The van der Waals surface area contributed by atoms with E-state index >= 15 is 0 Å². The molecule has 4 aromatic rings. The minimum atomic E-state index is -5.07. The first kappa shape index (κ1) is 21.3. The van der Waals surface area contributed by atoms with Gasteiger partial charge in [-0.15, -0.1) is 6.58 Å². The highest BCUT2D eigenvalue weighted by atomic mass is 19.4. The van der Waals surface area contributed by atoms with Crippen LogP contribution in [-0.4, -0.2) is 25.6 Å². The minimum Gasteiger partial charge on any atom is -0.372 e. The predicted octanol–water partition coefficient (Wildman–Crippen LogP) is 4.82. The topological polar surface area (TPSA) is 66.8 Å². The van der Waals surface area contributed by atoms with Crippen molar-refractivity contribution in [3.63, 3.8) is 0 Å². The SMILES string of the molecule is C=CCn1cc(C(O)(c2ccc3c(cnn3-c3ccc(F)cc3)c2)C(F)(F)F)cc1C#N. The van der Waals surface area contributed by atoms with Crippen LogP contribution in [0.2, 0.25) is 0 Å². The molecular formula is C23H16F4N4O. The molecule has 0 bridgehead atoms. The number of nitrogens with zero attached hydrogens (tertiary/aromatic N) is 4. The molecule has 1 atom stereocenters. The number of hydrogen-bond donors (Lipinski definition) is 1. The zero-order valence-electron chi connectivity index (χ0n) is 16.5. The maximum absolute atomic E-state index is 14.2. The third-order valence-electron chi connectivity index (χ3n) is 5.22. The summed E-state index contributed by atoms with van der Waals surface area (Å²) in [5, 5.41) is 24.8. The number of rotatable bonds is 5. The zero-order valence-corrected chi connectivity index (χ0v) is 16.5. The van der Waals surface area contributed by atoms with Crippen LogP contribution >= 0.6 is 0 Å². The summed E-state index contributed by atoms with van der Waals surface area (Å²) >= 11 is 0. The van der Waals surface area contributed by atoms with Crippen LogP contribution < -0.4 is 0 Å². The van der Waals surface area contributed by atoms with Crippen molar-refractivity contribution < 1.29 is 22.7 Å². The van der Waals surface area contributed by atoms with Gasteiger partial charge in [-0.05, 0) is 48.0 Å². The molecule has 32 heavy (non-hydrogen) atoms. The first-order valence-electron chi connectivity index (χ1n) is 9.44.